The number of nitrogens with one attached hydrogen (secondary N) is 1. The molecule has 1 aliphatic carbocycles. The highest BCUT2D eigenvalue weighted by Crippen LogP contribution is 2.25. The van der Waals surface area contributed by atoms with E-state index in [2.05, 4.69) is 27.3 Å². The van der Waals surface area contributed by atoms with Crippen LogP contribution in [0.4, 0.5) is 5.82 Å². The lowest BCUT2D eigenvalue weighted by Crippen LogP contribution is -2.23. The van der Waals surface area contributed by atoms with Crippen LogP contribution in [0.5, 0.6) is 0 Å². The van der Waals surface area contributed by atoms with Gasteiger partial charge in [0.2, 0.25) is 0 Å². The van der Waals surface area contributed by atoms with Crippen molar-refractivity contribution in [2.75, 3.05) is 11.9 Å². The van der Waals surface area contributed by atoms with Crippen molar-refractivity contribution in [1.82, 2.24) is 19.6 Å². The van der Waals surface area contributed by atoms with E-state index in [9.17, 15) is 5.11 Å². The van der Waals surface area contributed by atoms with Crippen molar-refractivity contribution in [2.24, 2.45) is 5.92 Å². The molecule has 19 heavy (non-hydrogen) atoms. The van der Waals surface area contributed by atoms with Crippen molar-refractivity contribution >= 4 is 11.6 Å². The van der Waals surface area contributed by atoms with Gasteiger partial charge >= 0.3 is 0 Å². The average molecular weight is 261 g/mol. The van der Waals surface area contributed by atoms with E-state index < -0.39 is 0 Å². The van der Waals surface area contributed by atoms with Crippen LogP contribution in [0.2, 0.25) is 0 Å². The Morgan fingerprint density at radius 2 is 2.37 bits per heavy atom. The first-order valence-electron chi connectivity index (χ1n) is 6.89. The lowest BCUT2D eigenvalue weighted by Gasteiger charge is -2.16. The van der Waals surface area contributed by atoms with E-state index in [-0.39, 0.29) is 6.10 Å². The molecule has 1 fully saturated rings. The molecule has 1 saturated carbocycles. The molecule has 2 N–H and O–H groups in total. The summed E-state index contributed by atoms with van der Waals surface area (Å²) in [5.74, 6) is 1.85. The van der Waals surface area contributed by atoms with Crippen LogP contribution in [0.3, 0.4) is 0 Å². The molecule has 0 bridgehead atoms. The van der Waals surface area contributed by atoms with E-state index in [0.717, 1.165) is 43.7 Å². The first-order chi connectivity index (χ1) is 9.28. The number of aliphatic hydroxyl groups excluding tert-OH is 1. The van der Waals surface area contributed by atoms with Crippen LogP contribution in [0.25, 0.3) is 5.78 Å². The molecule has 3 rings (SSSR count). The van der Waals surface area contributed by atoms with E-state index >= 15 is 0 Å². The lowest BCUT2D eigenvalue weighted by molar-refractivity contribution is 0.138. The van der Waals surface area contributed by atoms with Crippen molar-refractivity contribution < 1.29 is 5.11 Å². The monoisotopic (exact) mass is 261 g/mol. The Hall–Kier alpha value is -1.69. The van der Waals surface area contributed by atoms with Crippen LogP contribution in [0.15, 0.2) is 12.4 Å². The number of nitrogens with zero attached hydrogens (tertiary/aromatic N) is 4. The maximum atomic E-state index is 9.85. The molecule has 6 heteroatoms. The molecule has 0 amide bonds. The molecule has 0 spiro atoms. The summed E-state index contributed by atoms with van der Waals surface area (Å²) in [5, 5.41) is 17.4. The maximum absolute atomic E-state index is 9.85. The Balaban J connectivity index is 1.81. The third-order valence-electron chi connectivity index (χ3n) is 3.83. The molecule has 2 heterocycles. The largest absolute Gasteiger partial charge is 0.393 e. The van der Waals surface area contributed by atoms with E-state index in [1.807, 2.05) is 6.07 Å². The van der Waals surface area contributed by atoms with E-state index in [0.29, 0.717) is 11.7 Å². The zero-order chi connectivity index (χ0) is 13.2. The van der Waals surface area contributed by atoms with Crippen LogP contribution in [0.1, 0.15) is 31.9 Å². The number of anilines is 1. The topological polar surface area (TPSA) is 75.3 Å². The summed E-state index contributed by atoms with van der Waals surface area (Å²) in [5.41, 5.74) is 0.995. The molecule has 2 unspecified atom stereocenters. The second kappa shape index (κ2) is 5.13. The number of hydrogen-bond donors (Lipinski definition) is 2. The van der Waals surface area contributed by atoms with Gasteiger partial charge in [0.05, 0.1) is 6.10 Å². The SMILES string of the molecule is CCc1cc(NCC2CCCC2O)n2ncnc2n1. The van der Waals surface area contributed by atoms with Crippen molar-refractivity contribution in [1.29, 1.82) is 0 Å². The van der Waals surface area contributed by atoms with Gasteiger partial charge in [-0.3, -0.25) is 0 Å². The number of rotatable bonds is 4. The smallest absolute Gasteiger partial charge is 0.254 e. The van der Waals surface area contributed by atoms with Crippen LogP contribution in [0, 0.1) is 5.92 Å². The summed E-state index contributed by atoms with van der Waals surface area (Å²) in [6, 6.07) is 2.00. The minimum atomic E-state index is -0.175. The Kier molecular flexibility index (Phi) is 3.33. The summed E-state index contributed by atoms with van der Waals surface area (Å²) in [7, 11) is 0. The molecule has 0 saturated heterocycles. The van der Waals surface area contributed by atoms with Gasteiger partial charge in [0.25, 0.3) is 5.78 Å². The number of aromatic nitrogens is 4. The van der Waals surface area contributed by atoms with Crippen LogP contribution >= 0.6 is 0 Å². The molecule has 0 radical (unpaired) electrons. The van der Waals surface area contributed by atoms with Gasteiger partial charge in [-0.2, -0.15) is 14.6 Å². The molecule has 6 nitrogen and oxygen atoms in total. The fourth-order valence-corrected chi connectivity index (χ4v) is 2.66. The van der Waals surface area contributed by atoms with Gasteiger partial charge in [-0.15, -0.1) is 0 Å². The van der Waals surface area contributed by atoms with Gasteiger partial charge in [-0.05, 0) is 19.3 Å². The minimum Gasteiger partial charge on any atom is -0.393 e. The summed E-state index contributed by atoms with van der Waals surface area (Å²) in [4.78, 5) is 8.54. The number of aryl methyl sites for hydroxylation is 1. The zero-order valence-corrected chi connectivity index (χ0v) is 11.1. The second-order valence-electron chi connectivity index (χ2n) is 5.10. The Morgan fingerprint density at radius 3 is 3.11 bits per heavy atom. The quantitative estimate of drug-likeness (QED) is 0.866. The molecule has 2 aromatic heterocycles. The minimum absolute atomic E-state index is 0.175. The van der Waals surface area contributed by atoms with E-state index in [4.69, 9.17) is 0 Å². The van der Waals surface area contributed by atoms with Gasteiger partial charge in [0.15, 0.2) is 0 Å². The predicted molar refractivity (Wildman–Crippen MR) is 72.0 cm³/mol. The fraction of sp³-hybridized carbons (Fsp3) is 0.615. The standard InChI is InChI=1S/C13H19N5O/c1-2-10-6-12(18-13(17-10)15-8-16-18)14-7-9-4-3-5-11(9)19/h6,8-9,11,14,19H,2-5,7H2,1H3. The molecule has 2 aromatic rings. The van der Waals surface area contributed by atoms with Gasteiger partial charge in [-0.25, -0.2) is 4.98 Å². The fourth-order valence-electron chi connectivity index (χ4n) is 2.66. The van der Waals surface area contributed by atoms with Gasteiger partial charge in [0, 0.05) is 24.2 Å². The van der Waals surface area contributed by atoms with Crippen LogP contribution in [-0.4, -0.2) is 37.3 Å². The maximum Gasteiger partial charge on any atom is 0.254 e. The molecule has 1 aliphatic rings. The number of fused-ring (bicyclic) bond motifs is 1. The Morgan fingerprint density at radius 1 is 1.47 bits per heavy atom. The molecular weight excluding hydrogens is 242 g/mol. The third-order valence-corrected chi connectivity index (χ3v) is 3.83. The summed E-state index contributed by atoms with van der Waals surface area (Å²) in [6.45, 7) is 2.84. The second-order valence-corrected chi connectivity index (χ2v) is 5.10. The highest BCUT2D eigenvalue weighted by atomic mass is 16.3. The van der Waals surface area contributed by atoms with Crippen LogP contribution in [-0.2, 0) is 6.42 Å². The first-order valence-corrected chi connectivity index (χ1v) is 6.89. The highest BCUT2D eigenvalue weighted by molar-refractivity contribution is 5.45. The summed E-state index contributed by atoms with van der Waals surface area (Å²) >= 11 is 0. The van der Waals surface area contributed by atoms with Crippen molar-refractivity contribution in [3.63, 3.8) is 0 Å². The van der Waals surface area contributed by atoms with Gasteiger partial charge in [-0.1, -0.05) is 13.3 Å². The molecular formula is C13H19N5O. The molecule has 0 aliphatic heterocycles. The third kappa shape index (κ3) is 2.40. The van der Waals surface area contributed by atoms with E-state index in [1.54, 1.807) is 4.52 Å². The van der Waals surface area contributed by atoms with Crippen molar-refractivity contribution in [2.45, 2.75) is 38.7 Å². The predicted octanol–water partition coefficient (Wildman–Crippen LogP) is 1.26. The zero-order valence-electron chi connectivity index (χ0n) is 11.1. The van der Waals surface area contributed by atoms with Crippen molar-refractivity contribution in [3.05, 3.63) is 18.1 Å². The summed E-state index contributed by atoms with van der Waals surface area (Å²) < 4.78 is 1.71. The Labute approximate surface area is 111 Å². The first kappa shape index (κ1) is 12.3. The Bertz CT molecular complexity index is 567. The van der Waals surface area contributed by atoms with Crippen molar-refractivity contribution in [3.8, 4) is 0 Å². The molecule has 0 aromatic carbocycles. The molecule has 2 atom stereocenters. The number of aliphatic hydroxyl groups is 1. The van der Waals surface area contributed by atoms with Gasteiger partial charge < -0.3 is 10.4 Å². The average Bonchev–Trinajstić information content (AvgIpc) is 3.04. The number of hydrogen-bond acceptors (Lipinski definition) is 5. The van der Waals surface area contributed by atoms with Gasteiger partial charge in [0.1, 0.15) is 12.1 Å². The summed E-state index contributed by atoms with van der Waals surface area (Å²) in [6.07, 6.45) is 5.32. The highest BCUT2D eigenvalue weighted by Gasteiger charge is 2.25. The molecule has 102 valence electrons. The lowest BCUT2D eigenvalue weighted by atomic mass is 10.1. The normalized spacial score (nSPS) is 23.1. The van der Waals surface area contributed by atoms with E-state index in [1.165, 1.54) is 6.33 Å². The van der Waals surface area contributed by atoms with Crippen LogP contribution < -0.4 is 5.32 Å².